The standard InChI is InChI=1S/C13H27N5/c1-6-13(7-2,17(4)5)12(16-14)11-9-10-15-18(11)8-3/h9-10,12,16H,6-8,14H2,1-5H3. The van der Waals surface area contributed by atoms with E-state index in [2.05, 4.69) is 56.4 Å². The molecule has 0 spiro atoms. The smallest absolute Gasteiger partial charge is 0.0811 e. The molecule has 0 fully saturated rings. The van der Waals surface area contributed by atoms with Crippen molar-refractivity contribution in [2.45, 2.75) is 51.7 Å². The Bertz CT molecular complexity index is 354. The van der Waals surface area contributed by atoms with E-state index in [0.717, 1.165) is 25.1 Å². The van der Waals surface area contributed by atoms with Crippen molar-refractivity contribution in [1.82, 2.24) is 20.1 Å². The van der Waals surface area contributed by atoms with Gasteiger partial charge < -0.3 is 4.90 Å². The minimum absolute atomic E-state index is 0.00169. The summed E-state index contributed by atoms with van der Waals surface area (Å²) in [4.78, 5) is 2.27. The van der Waals surface area contributed by atoms with Crippen LogP contribution < -0.4 is 11.3 Å². The number of aromatic nitrogens is 2. The average molecular weight is 253 g/mol. The Labute approximate surface area is 110 Å². The van der Waals surface area contributed by atoms with Gasteiger partial charge in [0.1, 0.15) is 0 Å². The number of nitrogens with zero attached hydrogens (tertiary/aromatic N) is 3. The van der Waals surface area contributed by atoms with Gasteiger partial charge in [0.05, 0.1) is 11.7 Å². The summed E-state index contributed by atoms with van der Waals surface area (Å²) in [5.41, 5.74) is 4.15. The predicted molar refractivity (Wildman–Crippen MR) is 75.0 cm³/mol. The van der Waals surface area contributed by atoms with Crippen LogP contribution in [0.5, 0.6) is 0 Å². The van der Waals surface area contributed by atoms with E-state index in [1.807, 2.05) is 10.9 Å². The molecule has 0 bridgehead atoms. The number of hydrazine groups is 1. The van der Waals surface area contributed by atoms with Crippen LogP contribution >= 0.6 is 0 Å². The predicted octanol–water partition coefficient (Wildman–Crippen LogP) is 1.53. The van der Waals surface area contributed by atoms with Crippen LogP contribution in [0.2, 0.25) is 0 Å². The average Bonchev–Trinajstić information content (AvgIpc) is 2.83. The maximum Gasteiger partial charge on any atom is 0.0811 e. The maximum atomic E-state index is 5.84. The molecule has 1 atom stereocenters. The number of rotatable bonds is 7. The number of aryl methyl sites for hydroxylation is 1. The van der Waals surface area contributed by atoms with Crippen LogP contribution in [0.1, 0.15) is 45.3 Å². The Balaban J connectivity index is 3.22. The molecule has 1 aromatic heterocycles. The third kappa shape index (κ3) is 2.43. The van der Waals surface area contributed by atoms with E-state index in [-0.39, 0.29) is 11.6 Å². The lowest BCUT2D eigenvalue weighted by Crippen LogP contribution is -2.55. The molecular weight excluding hydrogens is 226 g/mol. The van der Waals surface area contributed by atoms with Crippen LogP contribution in [0.15, 0.2) is 12.3 Å². The summed E-state index contributed by atoms with van der Waals surface area (Å²) in [5.74, 6) is 5.84. The summed E-state index contributed by atoms with van der Waals surface area (Å²) < 4.78 is 2.01. The molecule has 0 aromatic carbocycles. The van der Waals surface area contributed by atoms with E-state index in [1.54, 1.807) is 0 Å². The summed E-state index contributed by atoms with van der Waals surface area (Å²) >= 11 is 0. The lowest BCUT2D eigenvalue weighted by Gasteiger charge is -2.44. The molecule has 0 radical (unpaired) electrons. The van der Waals surface area contributed by atoms with Gasteiger partial charge in [-0.05, 0) is 39.9 Å². The van der Waals surface area contributed by atoms with Crippen molar-refractivity contribution < 1.29 is 0 Å². The highest BCUT2D eigenvalue weighted by atomic mass is 15.3. The second kappa shape index (κ2) is 6.31. The lowest BCUT2D eigenvalue weighted by molar-refractivity contribution is 0.0841. The number of hydrogen-bond acceptors (Lipinski definition) is 4. The van der Waals surface area contributed by atoms with E-state index >= 15 is 0 Å². The number of nitrogens with one attached hydrogen (secondary N) is 1. The molecule has 0 amide bonds. The van der Waals surface area contributed by atoms with E-state index in [1.165, 1.54) is 0 Å². The largest absolute Gasteiger partial charge is 0.302 e. The molecular formula is C13H27N5. The normalized spacial score (nSPS) is 14.2. The zero-order chi connectivity index (χ0) is 13.8. The lowest BCUT2D eigenvalue weighted by atomic mass is 9.81. The minimum Gasteiger partial charge on any atom is -0.302 e. The van der Waals surface area contributed by atoms with Gasteiger partial charge in [0, 0.05) is 18.3 Å². The van der Waals surface area contributed by atoms with Gasteiger partial charge in [-0.3, -0.25) is 10.5 Å². The summed E-state index contributed by atoms with van der Waals surface area (Å²) in [5, 5.41) is 4.35. The van der Waals surface area contributed by atoms with Gasteiger partial charge in [0.25, 0.3) is 0 Å². The van der Waals surface area contributed by atoms with Gasteiger partial charge in [-0.1, -0.05) is 13.8 Å². The van der Waals surface area contributed by atoms with Crippen molar-refractivity contribution in [1.29, 1.82) is 0 Å². The monoisotopic (exact) mass is 253 g/mol. The molecule has 1 unspecified atom stereocenters. The molecule has 18 heavy (non-hydrogen) atoms. The van der Waals surface area contributed by atoms with Crippen molar-refractivity contribution in [3.63, 3.8) is 0 Å². The SMILES string of the molecule is CCn1nccc1C(NN)C(CC)(CC)N(C)C. The Hall–Kier alpha value is -0.910. The van der Waals surface area contributed by atoms with Gasteiger partial charge in [-0.15, -0.1) is 0 Å². The van der Waals surface area contributed by atoms with Crippen molar-refractivity contribution >= 4 is 0 Å². The fraction of sp³-hybridized carbons (Fsp3) is 0.769. The molecule has 0 aliphatic heterocycles. The fourth-order valence-electron chi connectivity index (χ4n) is 2.92. The maximum absolute atomic E-state index is 5.84. The third-order valence-corrected chi connectivity index (χ3v) is 4.16. The molecule has 0 aliphatic rings. The Morgan fingerprint density at radius 3 is 2.39 bits per heavy atom. The van der Waals surface area contributed by atoms with Crippen LogP contribution in [0.3, 0.4) is 0 Å². The van der Waals surface area contributed by atoms with Crippen molar-refractivity contribution in [3.05, 3.63) is 18.0 Å². The highest BCUT2D eigenvalue weighted by Crippen LogP contribution is 2.35. The topological polar surface area (TPSA) is 59.1 Å². The van der Waals surface area contributed by atoms with Gasteiger partial charge in [0.2, 0.25) is 0 Å². The van der Waals surface area contributed by atoms with Crippen LogP contribution in [-0.4, -0.2) is 34.3 Å². The number of hydrogen-bond donors (Lipinski definition) is 2. The summed E-state index contributed by atoms with van der Waals surface area (Å²) in [6.45, 7) is 7.37. The Morgan fingerprint density at radius 2 is 2.00 bits per heavy atom. The number of likely N-dealkylation sites (N-methyl/N-ethyl adjacent to an activating group) is 1. The van der Waals surface area contributed by atoms with E-state index < -0.39 is 0 Å². The first-order valence-electron chi connectivity index (χ1n) is 6.72. The Kier molecular flexibility index (Phi) is 5.31. The van der Waals surface area contributed by atoms with Crippen molar-refractivity contribution in [2.24, 2.45) is 5.84 Å². The summed E-state index contributed by atoms with van der Waals surface area (Å²) in [7, 11) is 4.23. The second-order valence-corrected chi connectivity index (χ2v) is 4.88. The van der Waals surface area contributed by atoms with Gasteiger partial charge >= 0.3 is 0 Å². The van der Waals surface area contributed by atoms with E-state index in [9.17, 15) is 0 Å². The number of nitrogens with two attached hydrogens (primary N) is 1. The van der Waals surface area contributed by atoms with Crippen LogP contribution in [0.4, 0.5) is 0 Å². The summed E-state index contributed by atoms with van der Waals surface area (Å²) in [6, 6.07) is 2.13. The van der Waals surface area contributed by atoms with E-state index in [4.69, 9.17) is 5.84 Å². The van der Waals surface area contributed by atoms with Crippen LogP contribution in [0.25, 0.3) is 0 Å². The molecule has 3 N–H and O–H groups in total. The molecule has 5 nitrogen and oxygen atoms in total. The molecule has 5 heteroatoms. The van der Waals surface area contributed by atoms with Gasteiger partial charge in [-0.2, -0.15) is 5.10 Å². The first-order valence-corrected chi connectivity index (χ1v) is 6.72. The van der Waals surface area contributed by atoms with Crippen molar-refractivity contribution in [3.8, 4) is 0 Å². The first-order chi connectivity index (χ1) is 8.57. The zero-order valence-corrected chi connectivity index (χ0v) is 12.3. The minimum atomic E-state index is 0.00169. The summed E-state index contributed by atoms with van der Waals surface area (Å²) in [6.07, 6.45) is 3.90. The Morgan fingerprint density at radius 1 is 1.39 bits per heavy atom. The van der Waals surface area contributed by atoms with E-state index in [0.29, 0.717) is 0 Å². The van der Waals surface area contributed by atoms with Crippen LogP contribution in [0, 0.1) is 0 Å². The molecule has 1 heterocycles. The highest BCUT2D eigenvalue weighted by Gasteiger charge is 2.39. The molecule has 1 rings (SSSR count). The zero-order valence-electron chi connectivity index (χ0n) is 12.3. The van der Waals surface area contributed by atoms with Gasteiger partial charge in [-0.25, -0.2) is 5.43 Å². The molecule has 104 valence electrons. The van der Waals surface area contributed by atoms with Crippen LogP contribution in [-0.2, 0) is 6.54 Å². The quantitative estimate of drug-likeness (QED) is 0.571. The van der Waals surface area contributed by atoms with Gasteiger partial charge in [0.15, 0.2) is 0 Å². The molecule has 0 saturated heterocycles. The molecule has 0 saturated carbocycles. The molecule has 0 aliphatic carbocycles. The molecule has 1 aromatic rings. The van der Waals surface area contributed by atoms with Crippen molar-refractivity contribution in [2.75, 3.05) is 14.1 Å². The fourth-order valence-corrected chi connectivity index (χ4v) is 2.92. The third-order valence-electron chi connectivity index (χ3n) is 4.16. The first kappa shape index (κ1) is 15.1. The highest BCUT2D eigenvalue weighted by molar-refractivity contribution is 5.15. The second-order valence-electron chi connectivity index (χ2n) is 4.88.